The first-order valence-corrected chi connectivity index (χ1v) is 9.05. The molecule has 23 heavy (non-hydrogen) atoms. The fourth-order valence-corrected chi connectivity index (χ4v) is 5.66. The van der Waals surface area contributed by atoms with Crippen LogP contribution < -0.4 is 17.7 Å². The zero-order chi connectivity index (χ0) is 15.6. The SMILES string of the molecule is C[NH2+]CCC[C@]1(c2ccccc2)SC(C)(C)c2ccccc21.[Cl-]. The molecular weight excluding hydrogens is 322 g/mol. The monoisotopic (exact) mass is 347 g/mol. The molecule has 1 atom stereocenters. The summed E-state index contributed by atoms with van der Waals surface area (Å²) in [6.07, 6.45) is 2.44. The van der Waals surface area contributed by atoms with Crippen LogP contribution in [0.4, 0.5) is 0 Å². The van der Waals surface area contributed by atoms with Gasteiger partial charge in [0.05, 0.1) is 18.3 Å². The molecule has 1 nitrogen and oxygen atoms in total. The number of nitrogens with two attached hydrogens (primary N) is 1. The third-order valence-corrected chi connectivity index (χ3v) is 6.44. The van der Waals surface area contributed by atoms with E-state index < -0.39 is 0 Å². The Morgan fingerprint density at radius 1 is 0.913 bits per heavy atom. The predicted molar refractivity (Wildman–Crippen MR) is 96.2 cm³/mol. The number of hydrogen-bond acceptors (Lipinski definition) is 1. The van der Waals surface area contributed by atoms with Crippen molar-refractivity contribution in [1.29, 1.82) is 0 Å². The summed E-state index contributed by atoms with van der Waals surface area (Å²) >= 11 is 2.13. The van der Waals surface area contributed by atoms with Gasteiger partial charge in [-0.25, -0.2) is 0 Å². The van der Waals surface area contributed by atoms with E-state index in [9.17, 15) is 0 Å². The largest absolute Gasteiger partial charge is 1.00 e. The molecule has 2 aromatic carbocycles. The number of quaternary nitrogens is 1. The standard InChI is InChI=1S/C20H25NS.ClH/c1-19(2)17-12-7-8-13-18(17)20(22-19,14-9-15-21-3)16-10-5-4-6-11-16;/h4-8,10-13,21H,9,14-15H2,1-3H3;1H/t20-;/m1./s1. The molecule has 2 N–H and O–H groups in total. The molecule has 2 aromatic rings. The van der Waals surface area contributed by atoms with Gasteiger partial charge >= 0.3 is 0 Å². The van der Waals surface area contributed by atoms with Gasteiger partial charge in [-0.05, 0) is 43.4 Å². The fraction of sp³-hybridized carbons (Fsp3) is 0.400. The molecule has 1 aliphatic rings. The first-order chi connectivity index (χ1) is 10.6. The van der Waals surface area contributed by atoms with Crippen LogP contribution in [0.2, 0.25) is 0 Å². The highest BCUT2D eigenvalue weighted by Crippen LogP contribution is 2.62. The molecule has 0 bridgehead atoms. The van der Waals surface area contributed by atoms with Crippen molar-refractivity contribution in [3.05, 3.63) is 71.3 Å². The predicted octanol–water partition coefficient (Wildman–Crippen LogP) is 0.890. The van der Waals surface area contributed by atoms with E-state index in [1.807, 2.05) is 0 Å². The van der Waals surface area contributed by atoms with E-state index in [0.29, 0.717) is 0 Å². The molecule has 1 heterocycles. The first-order valence-electron chi connectivity index (χ1n) is 8.24. The van der Waals surface area contributed by atoms with Crippen LogP contribution in [0.5, 0.6) is 0 Å². The maximum atomic E-state index is 2.37. The normalized spacial score (nSPS) is 21.5. The van der Waals surface area contributed by atoms with Crippen LogP contribution in [-0.4, -0.2) is 13.6 Å². The summed E-state index contributed by atoms with van der Waals surface area (Å²) in [6, 6.07) is 20.1. The molecule has 0 aliphatic carbocycles. The third kappa shape index (κ3) is 3.31. The Kier molecular flexibility index (Phi) is 5.83. The lowest BCUT2D eigenvalue weighted by Crippen LogP contribution is -3.00. The van der Waals surface area contributed by atoms with Gasteiger partial charge in [0.25, 0.3) is 0 Å². The third-order valence-electron chi connectivity index (χ3n) is 4.70. The van der Waals surface area contributed by atoms with Gasteiger partial charge in [-0.2, -0.15) is 0 Å². The summed E-state index contributed by atoms with van der Waals surface area (Å²) < 4.78 is 0.271. The number of rotatable bonds is 5. The molecule has 0 saturated heterocycles. The van der Waals surface area contributed by atoms with Crippen molar-refractivity contribution in [1.82, 2.24) is 0 Å². The second-order valence-corrected chi connectivity index (χ2v) is 8.57. The quantitative estimate of drug-likeness (QED) is 0.795. The molecule has 0 fully saturated rings. The van der Waals surface area contributed by atoms with Crippen LogP contribution in [-0.2, 0) is 9.49 Å². The van der Waals surface area contributed by atoms with Crippen molar-refractivity contribution in [3.8, 4) is 0 Å². The zero-order valence-electron chi connectivity index (χ0n) is 14.2. The van der Waals surface area contributed by atoms with Crippen molar-refractivity contribution < 1.29 is 17.7 Å². The Balaban J connectivity index is 0.00000192. The second kappa shape index (κ2) is 7.29. The Morgan fingerprint density at radius 3 is 2.17 bits per heavy atom. The van der Waals surface area contributed by atoms with Gasteiger partial charge in [-0.1, -0.05) is 54.6 Å². The van der Waals surface area contributed by atoms with Crippen molar-refractivity contribution in [2.45, 2.75) is 36.2 Å². The van der Waals surface area contributed by atoms with Crippen LogP contribution in [0, 0.1) is 0 Å². The summed E-state index contributed by atoms with van der Waals surface area (Å²) in [4.78, 5) is 0. The van der Waals surface area contributed by atoms with Crippen molar-refractivity contribution in [3.63, 3.8) is 0 Å². The summed E-state index contributed by atoms with van der Waals surface area (Å²) in [5.41, 5.74) is 4.48. The van der Waals surface area contributed by atoms with Crippen LogP contribution in [0.3, 0.4) is 0 Å². The van der Waals surface area contributed by atoms with Crippen LogP contribution >= 0.6 is 11.8 Å². The van der Waals surface area contributed by atoms with Gasteiger partial charge in [-0.15, -0.1) is 11.8 Å². The molecule has 3 heteroatoms. The van der Waals surface area contributed by atoms with Gasteiger partial charge in [-0.3, -0.25) is 0 Å². The molecule has 1 aliphatic heterocycles. The van der Waals surface area contributed by atoms with Crippen molar-refractivity contribution in [2.24, 2.45) is 0 Å². The average molecular weight is 348 g/mol. The Morgan fingerprint density at radius 2 is 1.52 bits per heavy atom. The van der Waals surface area contributed by atoms with Gasteiger partial charge in [0.1, 0.15) is 0 Å². The molecule has 0 spiro atoms. The molecule has 0 aromatic heterocycles. The Bertz CT molecular complexity index is 641. The van der Waals surface area contributed by atoms with Crippen molar-refractivity contribution in [2.75, 3.05) is 13.6 Å². The second-order valence-electron chi connectivity index (χ2n) is 6.65. The van der Waals surface area contributed by atoms with E-state index >= 15 is 0 Å². The van der Waals surface area contributed by atoms with Gasteiger partial charge in [0, 0.05) is 4.75 Å². The highest BCUT2D eigenvalue weighted by atomic mass is 35.5. The summed E-state index contributed by atoms with van der Waals surface area (Å²) in [5.74, 6) is 0. The van der Waals surface area contributed by atoms with Crippen LogP contribution in [0.15, 0.2) is 54.6 Å². The maximum absolute atomic E-state index is 2.37. The number of hydrogen-bond donors (Lipinski definition) is 1. The minimum absolute atomic E-state index is 0. The molecule has 0 amide bonds. The lowest BCUT2D eigenvalue weighted by molar-refractivity contribution is -0.627. The lowest BCUT2D eigenvalue weighted by Gasteiger charge is -2.32. The van der Waals surface area contributed by atoms with E-state index in [0.717, 1.165) is 0 Å². The number of benzene rings is 2. The van der Waals surface area contributed by atoms with Gasteiger partial charge in [0.2, 0.25) is 0 Å². The molecular formula is C20H26ClNS. The van der Waals surface area contributed by atoms with E-state index in [-0.39, 0.29) is 21.9 Å². The Hall–Kier alpha value is -0.960. The molecule has 0 unspecified atom stereocenters. The fourth-order valence-electron chi connectivity index (χ4n) is 3.71. The van der Waals surface area contributed by atoms with E-state index in [1.165, 1.54) is 36.1 Å². The zero-order valence-corrected chi connectivity index (χ0v) is 15.8. The van der Waals surface area contributed by atoms with Crippen molar-refractivity contribution >= 4 is 11.8 Å². The summed E-state index contributed by atoms with van der Waals surface area (Å²) in [7, 11) is 2.16. The highest BCUT2D eigenvalue weighted by Gasteiger charge is 2.48. The number of halogens is 1. The molecule has 124 valence electrons. The van der Waals surface area contributed by atoms with Crippen LogP contribution in [0.25, 0.3) is 0 Å². The summed E-state index contributed by atoms with van der Waals surface area (Å²) in [6.45, 7) is 5.93. The molecule has 0 saturated carbocycles. The van der Waals surface area contributed by atoms with Gasteiger partial charge in [0.15, 0.2) is 0 Å². The van der Waals surface area contributed by atoms with Gasteiger partial charge < -0.3 is 17.7 Å². The molecule has 3 rings (SSSR count). The number of thioether (sulfide) groups is 1. The summed E-state index contributed by atoms with van der Waals surface area (Å²) in [5, 5.41) is 2.29. The lowest BCUT2D eigenvalue weighted by atomic mass is 9.82. The number of fused-ring (bicyclic) bond motifs is 1. The molecule has 0 radical (unpaired) electrons. The minimum atomic E-state index is 0. The van der Waals surface area contributed by atoms with E-state index in [1.54, 1.807) is 0 Å². The topological polar surface area (TPSA) is 16.6 Å². The van der Waals surface area contributed by atoms with E-state index in [2.05, 4.69) is 92.6 Å². The van der Waals surface area contributed by atoms with Crippen LogP contribution in [0.1, 0.15) is 43.4 Å². The highest BCUT2D eigenvalue weighted by molar-refractivity contribution is 8.01. The van der Waals surface area contributed by atoms with E-state index in [4.69, 9.17) is 0 Å². The smallest absolute Gasteiger partial charge is 0.0754 e. The maximum Gasteiger partial charge on any atom is 0.0754 e. The minimum Gasteiger partial charge on any atom is -1.00 e. The first kappa shape index (κ1) is 18.4. The average Bonchev–Trinajstić information content (AvgIpc) is 2.78. The Labute approximate surface area is 150 Å².